The second-order valence-electron chi connectivity index (χ2n) is 6.67. The molecule has 3 amide bonds. The minimum absolute atomic E-state index is 0.138. The molecule has 26 heavy (non-hydrogen) atoms. The first-order valence-corrected chi connectivity index (χ1v) is 9.24. The lowest BCUT2D eigenvalue weighted by atomic mass is 9.96. The summed E-state index contributed by atoms with van der Waals surface area (Å²) in [5, 5.41) is 14.1. The van der Waals surface area contributed by atoms with Crippen molar-refractivity contribution in [3.63, 3.8) is 0 Å². The van der Waals surface area contributed by atoms with Crippen LogP contribution in [0.4, 0.5) is 4.79 Å². The molecule has 3 rings (SSSR count). The van der Waals surface area contributed by atoms with Crippen LogP contribution in [-0.4, -0.2) is 58.1 Å². The Balaban J connectivity index is 2.05. The van der Waals surface area contributed by atoms with Crippen LogP contribution < -0.4 is 11.1 Å². The van der Waals surface area contributed by atoms with Crippen molar-refractivity contribution in [2.45, 2.75) is 50.4 Å². The van der Waals surface area contributed by atoms with E-state index in [0.717, 1.165) is 0 Å². The first-order chi connectivity index (χ1) is 12.3. The predicted octanol–water partition coefficient (Wildman–Crippen LogP) is 0.237. The van der Waals surface area contributed by atoms with E-state index in [1.807, 2.05) is 5.38 Å². The van der Waals surface area contributed by atoms with Crippen molar-refractivity contribution in [1.82, 2.24) is 10.3 Å². The van der Waals surface area contributed by atoms with Gasteiger partial charge < -0.3 is 15.8 Å². The molecule has 138 valence electrons. The third-order valence-corrected chi connectivity index (χ3v) is 5.69. The summed E-state index contributed by atoms with van der Waals surface area (Å²) < 4.78 is 4.28. The standard InChI is InChI=1S/C16H19N5O4S/c1-8(18)14(22)21(15(23)13-9(2)25-16(24)20-13)4-3-10(12(21)5-17)11-6-26-7-19-11/h6-10,12-13H,3-4,18H2,1-2H3/p+1/t8?,9?,10-,12-,13?,21-/m1/s1. The number of hydrogen-bond donors (Lipinski definition) is 2. The fraction of sp³-hybridized carbons (Fsp3) is 0.562. The summed E-state index contributed by atoms with van der Waals surface area (Å²) in [6.45, 7) is 3.20. The number of aromatic nitrogens is 1. The number of carbonyl (C=O) groups excluding carboxylic acids is 3. The van der Waals surface area contributed by atoms with Gasteiger partial charge in [0.1, 0.15) is 18.2 Å². The number of thiazole rings is 1. The molecule has 2 aliphatic rings. The second-order valence-corrected chi connectivity index (χ2v) is 7.39. The lowest BCUT2D eigenvalue weighted by Gasteiger charge is -2.35. The van der Waals surface area contributed by atoms with Crippen molar-refractivity contribution < 1.29 is 23.6 Å². The van der Waals surface area contributed by atoms with Crippen LogP contribution in [0.5, 0.6) is 0 Å². The molecule has 3 unspecified atom stereocenters. The number of carbonyl (C=O) groups is 3. The summed E-state index contributed by atoms with van der Waals surface area (Å²) in [7, 11) is 0. The highest BCUT2D eigenvalue weighted by Gasteiger charge is 2.63. The third kappa shape index (κ3) is 2.68. The van der Waals surface area contributed by atoms with Gasteiger partial charge >= 0.3 is 17.9 Å². The second kappa shape index (κ2) is 6.75. The number of hydrogen-bond acceptors (Lipinski definition) is 8. The molecule has 3 N–H and O–H groups in total. The molecule has 6 atom stereocenters. The number of rotatable bonds is 3. The fourth-order valence-corrected chi connectivity index (χ4v) is 4.46. The van der Waals surface area contributed by atoms with Crippen LogP contribution in [0, 0.1) is 11.3 Å². The number of nitrogens with two attached hydrogens (primary N) is 1. The Labute approximate surface area is 154 Å². The van der Waals surface area contributed by atoms with E-state index in [2.05, 4.69) is 16.4 Å². The van der Waals surface area contributed by atoms with E-state index in [1.54, 1.807) is 12.4 Å². The zero-order chi connectivity index (χ0) is 19.1. The molecule has 1 aromatic rings. The topological polar surface area (TPSA) is 135 Å². The molecule has 0 aliphatic carbocycles. The molecular weight excluding hydrogens is 358 g/mol. The highest BCUT2D eigenvalue weighted by Crippen LogP contribution is 2.40. The number of nitrogens with zero attached hydrogens (tertiary/aromatic N) is 3. The van der Waals surface area contributed by atoms with Crippen LogP contribution in [0.25, 0.3) is 0 Å². The van der Waals surface area contributed by atoms with Crippen LogP contribution >= 0.6 is 11.3 Å². The lowest BCUT2D eigenvalue weighted by Crippen LogP contribution is -2.68. The van der Waals surface area contributed by atoms with Gasteiger partial charge in [0, 0.05) is 11.8 Å². The van der Waals surface area contributed by atoms with Gasteiger partial charge in [-0.3, -0.25) is 0 Å². The van der Waals surface area contributed by atoms with E-state index in [-0.39, 0.29) is 12.5 Å². The molecule has 2 fully saturated rings. The maximum atomic E-state index is 13.4. The Morgan fingerprint density at radius 2 is 2.31 bits per heavy atom. The number of nitrogens with one attached hydrogen (secondary N) is 1. The number of nitriles is 1. The molecule has 2 saturated heterocycles. The van der Waals surface area contributed by atoms with Crippen molar-refractivity contribution in [3.05, 3.63) is 16.6 Å². The van der Waals surface area contributed by atoms with E-state index >= 15 is 0 Å². The summed E-state index contributed by atoms with van der Waals surface area (Å²) in [6, 6.07) is -0.743. The minimum atomic E-state index is -1.00. The Morgan fingerprint density at radius 1 is 1.58 bits per heavy atom. The highest BCUT2D eigenvalue weighted by atomic mass is 32.1. The Kier molecular flexibility index (Phi) is 4.79. The van der Waals surface area contributed by atoms with Gasteiger partial charge in [-0.05, 0) is 13.8 Å². The smallest absolute Gasteiger partial charge is 0.408 e. The quantitative estimate of drug-likeness (QED) is 0.719. The Bertz CT molecular complexity index is 774. The molecule has 0 spiro atoms. The summed E-state index contributed by atoms with van der Waals surface area (Å²) in [6.07, 6.45) is -1.00. The van der Waals surface area contributed by atoms with E-state index < -0.39 is 46.6 Å². The summed E-state index contributed by atoms with van der Waals surface area (Å²) in [5.74, 6) is -1.45. The molecule has 0 aromatic carbocycles. The largest absolute Gasteiger partial charge is 0.444 e. The van der Waals surface area contributed by atoms with Crippen LogP contribution in [-0.2, 0) is 14.3 Å². The van der Waals surface area contributed by atoms with Crippen LogP contribution in [0.1, 0.15) is 31.9 Å². The summed E-state index contributed by atoms with van der Waals surface area (Å²) in [4.78, 5) is 42.2. The molecule has 2 aliphatic heterocycles. The van der Waals surface area contributed by atoms with Gasteiger partial charge in [-0.1, -0.05) is 0 Å². The number of quaternary nitrogens is 1. The van der Waals surface area contributed by atoms with Gasteiger partial charge in [0.15, 0.2) is 12.1 Å². The minimum Gasteiger partial charge on any atom is -0.444 e. The van der Waals surface area contributed by atoms with E-state index in [9.17, 15) is 19.6 Å². The summed E-state index contributed by atoms with van der Waals surface area (Å²) >= 11 is 1.39. The maximum Gasteiger partial charge on any atom is 0.408 e. The average Bonchev–Trinajstić information content (AvgIpc) is 3.31. The first kappa shape index (κ1) is 18.4. The number of cyclic esters (lactones) is 1. The van der Waals surface area contributed by atoms with E-state index in [1.165, 1.54) is 18.3 Å². The number of ether oxygens (including phenoxy) is 1. The molecule has 0 bridgehead atoms. The first-order valence-electron chi connectivity index (χ1n) is 8.30. The van der Waals surface area contributed by atoms with Crippen LogP contribution in [0.15, 0.2) is 10.9 Å². The fourth-order valence-electron chi connectivity index (χ4n) is 3.84. The number of alkyl carbamates (subject to hydrolysis) is 1. The number of likely N-dealkylation sites (tertiary alicyclic amines) is 1. The monoisotopic (exact) mass is 378 g/mol. The normalized spacial score (nSPS) is 34.6. The molecule has 3 heterocycles. The summed E-state index contributed by atoms with van der Waals surface area (Å²) in [5.41, 5.74) is 8.16. The SMILES string of the molecule is CC(N)C(=O)[N@@+]1(C(=O)C2NC(=O)OC2C)CC[C@H](c2cscn2)[C@H]1C#N. The average molecular weight is 378 g/mol. The van der Waals surface area contributed by atoms with Gasteiger partial charge in [0.2, 0.25) is 0 Å². The lowest BCUT2D eigenvalue weighted by molar-refractivity contribution is -0.785. The van der Waals surface area contributed by atoms with Gasteiger partial charge in [0.05, 0.1) is 23.7 Å². The Morgan fingerprint density at radius 3 is 2.81 bits per heavy atom. The molecule has 0 saturated carbocycles. The van der Waals surface area contributed by atoms with Crippen molar-refractivity contribution in [3.8, 4) is 6.07 Å². The molecule has 10 heteroatoms. The molecular formula is C16H20N5O4S+. The van der Waals surface area contributed by atoms with Gasteiger partial charge in [-0.25, -0.2) is 19.4 Å². The van der Waals surface area contributed by atoms with Crippen LogP contribution in [0.3, 0.4) is 0 Å². The van der Waals surface area contributed by atoms with Crippen LogP contribution in [0.2, 0.25) is 0 Å². The van der Waals surface area contributed by atoms with Gasteiger partial charge in [-0.2, -0.15) is 9.74 Å². The van der Waals surface area contributed by atoms with E-state index in [4.69, 9.17) is 10.5 Å². The van der Waals surface area contributed by atoms with Crippen molar-refractivity contribution in [2.24, 2.45) is 5.73 Å². The maximum absolute atomic E-state index is 13.4. The van der Waals surface area contributed by atoms with Gasteiger partial charge in [-0.15, -0.1) is 11.3 Å². The number of imide groups is 1. The predicted molar refractivity (Wildman–Crippen MR) is 90.5 cm³/mol. The van der Waals surface area contributed by atoms with Crippen molar-refractivity contribution in [1.29, 1.82) is 5.26 Å². The molecule has 1 aromatic heterocycles. The third-order valence-electron chi connectivity index (χ3n) is 5.09. The zero-order valence-electron chi connectivity index (χ0n) is 14.4. The molecule has 9 nitrogen and oxygen atoms in total. The zero-order valence-corrected chi connectivity index (χ0v) is 15.2. The Hall–Kier alpha value is -2.35. The van der Waals surface area contributed by atoms with E-state index in [0.29, 0.717) is 12.1 Å². The van der Waals surface area contributed by atoms with Crippen molar-refractivity contribution >= 4 is 29.2 Å². The highest BCUT2D eigenvalue weighted by molar-refractivity contribution is 7.07. The van der Waals surface area contributed by atoms with Gasteiger partial charge in [0.25, 0.3) is 0 Å². The number of amides is 3. The molecule has 0 radical (unpaired) electrons. The van der Waals surface area contributed by atoms with Crippen molar-refractivity contribution in [2.75, 3.05) is 6.54 Å².